The highest BCUT2D eigenvalue weighted by atomic mass is 16.1. The molecule has 0 atom stereocenters. The summed E-state index contributed by atoms with van der Waals surface area (Å²) in [6.07, 6.45) is 2.26. The normalized spacial score (nSPS) is 13.7. The Bertz CT molecular complexity index is 866. The van der Waals surface area contributed by atoms with Crippen molar-refractivity contribution >= 4 is 16.6 Å². The van der Waals surface area contributed by atoms with Gasteiger partial charge in [0.2, 0.25) is 0 Å². The number of hydrogen-bond acceptors (Lipinski definition) is 2. The van der Waals surface area contributed by atoms with Gasteiger partial charge < -0.3 is 10.3 Å². The summed E-state index contributed by atoms with van der Waals surface area (Å²) < 4.78 is 0. The molecule has 0 aliphatic carbocycles. The van der Waals surface area contributed by atoms with Crippen molar-refractivity contribution in [3.8, 4) is 11.1 Å². The second-order valence-corrected chi connectivity index (χ2v) is 5.51. The van der Waals surface area contributed by atoms with Crippen molar-refractivity contribution in [3.63, 3.8) is 0 Å². The molecule has 21 heavy (non-hydrogen) atoms. The molecule has 4 rings (SSSR count). The van der Waals surface area contributed by atoms with Crippen molar-refractivity contribution in [2.45, 2.75) is 12.8 Å². The Morgan fingerprint density at radius 3 is 2.71 bits per heavy atom. The Hall–Kier alpha value is -2.55. The highest BCUT2D eigenvalue weighted by Crippen LogP contribution is 2.28. The molecule has 0 saturated carbocycles. The third kappa shape index (κ3) is 2.11. The molecule has 0 fully saturated rings. The Balaban J connectivity index is 1.95. The maximum atomic E-state index is 12.3. The molecule has 0 amide bonds. The van der Waals surface area contributed by atoms with E-state index in [0.717, 1.165) is 47.1 Å². The topological polar surface area (TPSA) is 44.9 Å². The summed E-state index contributed by atoms with van der Waals surface area (Å²) in [7, 11) is 0. The van der Waals surface area contributed by atoms with Crippen LogP contribution >= 0.6 is 0 Å². The summed E-state index contributed by atoms with van der Waals surface area (Å²) in [5.41, 5.74) is 5.03. The van der Waals surface area contributed by atoms with Crippen LogP contribution in [0.1, 0.15) is 12.0 Å². The van der Waals surface area contributed by atoms with Crippen LogP contribution in [-0.4, -0.2) is 11.5 Å². The fourth-order valence-corrected chi connectivity index (χ4v) is 3.01. The number of hydrogen-bond donors (Lipinski definition) is 2. The Morgan fingerprint density at radius 1 is 1.00 bits per heavy atom. The largest absolute Gasteiger partial charge is 0.385 e. The van der Waals surface area contributed by atoms with Gasteiger partial charge in [0, 0.05) is 17.8 Å². The molecule has 3 heteroatoms. The van der Waals surface area contributed by atoms with E-state index in [2.05, 4.69) is 22.4 Å². The predicted molar refractivity (Wildman–Crippen MR) is 86.8 cm³/mol. The molecule has 1 aliphatic rings. The van der Waals surface area contributed by atoms with Crippen LogP contribution in [0.2, 0.25) is 0 Å². The number of H-pyrrole nitrogens is 1. The number of aromatic amines is 1. The molecule has 3 nitrogen and oxygen atoms in total. The molecule has 0 bridgehead atoms. The first-order chi connectivity index (χ1) is 10.3. The van der Waals surface area contributed by atoms with Gasteiger partial charge in [-0.2, -0.15) is 0 Å². The van der Waals surface area contributed by atoms with E-state index in [1.807, 2.05) is 36.4 Å². The van der Waals surface area contributed by atoms with E-state index >= 15 is 0 Å². The van der Waals surface area contributed by atoms with E-state index in [0.29, 0.717) is 0 Å². The van der Waals surface area contributed by atoms with Crippen molar-refractivity contribution in [1.82, 2.24) is 4.98 Å². The Morgan fingerprint density at radius 2 is 1.86 bits per heavy atom. The summed E-state index contributed by atoms with van der Waals surface area (Å²) in [4.78, 5) is 15.3. The van der Waals surface area contributed by atoms with Crippen LogP contribution in [0.5, 0.6) is 0 Å². The summed E-state index contributed by atoms with van der Waals surface area (Å²) in [5, 5.41) is 4.49. The van der Waals surface area contributed by atoms with Gasteiger partial charge >= 0.3 is 0 Å². The second kappa shape index (κ2) is 4.77. The zero-order chi connectivity index (χ0) is 14.2. The minimum Gasteiger partial charge on any atom is -0.385 e. The molecule has 0 spiro atoms. The van der Waals surface area contributed by atoms with Gasteiger partial charge in [-0.15, -0.1) is 0 Å². The minimum absolute atomic E-state index is 0.0375. The van der Waals surface area contributed by atoms with Crippen LogP contribution in [0.25, 0.3) is 22.0 Å². The van der Waals surface area contributed by atoms with Crippen molar-refractivity contribution in [2.75, 3.05) is 11.9 Å². The first-order valence-corrected chi connectivity index (χ1v) is 7.30. The molecule has 0 radical (unpaired) electrons. The number of rotatable bonds is 1. The highest BCUT2D eigenvalue weighted by Gasteiger charge is 2.11. The van der Waals surface area contributed by atoms with Crippen molar-refractivity contribution < 1.29 is 0 Å². The number of pyridine rings is 1. The molecule has 0 saturated heterocycles. The number of anilines is 1. The Kier molecular flexibility index (Phi) is 2.78. The summed E-state index contributed by atoms with van der Waals surface area (Å²) >= 11 is 0. The zero-order valence-electron chi connectivity index (χ0n) is 11.6. The van der Waals surface area contributed by atoms with Crippen LogP contribution in [0, 0.1) is 0 Å². The highest BCUT2D eigenvalue weighted by molar-refractivity contribution is 5.87. The third-order valence-corrected chi connectivity index (χ3v) is 4.09. The second-order valence-electron chi connectivity index (χ2n) is 5.51. The number of aromatic nitrogens is 1. The van der Waals surface area contributed by atoms with E-state index in [4.69, 9.17) is 0 Å². The van der Waals surface area contributed by atoms with Crippen molar-refractivity contribution in [3.05, 3.63) is 64.4 Å². The summed E-state index contributed by atoms with van der Waals surface area (Å²) in [6.45, 7) is 1.00. The maximum Gasteiger partial charge on any atom is 0.256 e. The van der Waals surface area contributed by atoms with Crippen molar-refractivity contribution in [1.29, 1.82) is 0 Å². The van der Waals surface area contributed by atoms with Gasteiger partial charge in [-0.1, -0.05) is 30.3 Å². The first-order valence-electron chi connectivity index (χ1n) is 7.30. The fraction of sp³-hybridized carbons (Fsp3) is 0.167. The minimum atomic E-state index is -0.0375. The molecule has 104 valence electrons. The average Bonchev–Trinajstić information content (AvgIpc) is 2.53. The Labute approximate surface area is 122 Å². The lowest BCUT2D eigenvalue weighted by Gasteiger charge is -2.18. The van der Waals surface area contributed by atoms with Gasteiger partial charge in [0.15, 0.2) is 0 Å². The number of fused-ring (bicyclic) bond motifs is 2. The first kappa shape index (κ1) is 12.2. The van der Waals surface area contributed by atoms with Gasteiger partial charge in [-0.25, -0.2) is 0 Å². The predicted octanol–water partition coefficient (Wildman–Crippen LogP) is 3.55. The number of aryl methyl sites for hydroxylation is 1. The lowest BCUT2D eigenvalue weighted by molar-refractivity contribution is 0.832. The van der Waals surface area contributed by atoms with Gasteiger partial charge in [-0.05, 0) is 47.6 Å². The summed E-state index contributed by atoms with van der Waals surface area (Å²) in [5.74, 6) is 0. The lowest BCUT2D eigenvalue weighted by Crippen LogP contribution is -2.13. The van der Waals surface area contributed by atoms with Gasteiger partial charge in [0.05, 0.1) is 5.52 Å². The van der Waals surface area contributed by atoms with Crippen LogP contribution < -0.4 is 10.9 Å². The zero-order valence-corrected chi connectivity index (χ0v) is 11.6. The van der Waals surface area contributed by atoms with E-state index in [1.54, 1.807) is 0 Å². The molecule has 1 aliphatic heterocycles. The van der Waals surface area contributed by atoms with E-state index in [1.165, 1.54) is 5.56 Å². The molecule has 2 aromatic carbocycles. The number of benzene rings is 2. The SMILES string of the molecule is O=c1[nH]c2cc3c(cc2cc1-c1ccccc1)CCCN3. The summed E-state index contributed by atoms with van der Waals surface area (Å²) in [6, 6.07) is 16.1. The molecule has 2 N–H and O–H groups in total. The smallest absolute Gasteiger partial charge is 0.256 e. The van der Waals surface area contributed by atoms with Crippen molar-refractivity contribution in [2.24, 2.45) is 0 Å². The van der Waals surface area contributed by atoms with E-state index in [9.17, 15) is 4.79 Å². The molecular weight excluding hydrogens is 260 g/mol. The molecule has 0 unspecified atom stereocenters. The fourth-order valence-electron chi connectivity index (χ4n) is 3.01. The van der Waals surface area contributed by atoms with Gasteiger partial charge in [-0.3, -0.25) is 4.79 Å². The molecule has 2 heterocycles. The standard InChI is InChI=1S/C18H16N2O/c21-18-15(12-5-2-1-3-6-12)10-14-9-13-7-4-8-19-16(13)11-17(14)20-18/h1-3,5-6,9-11,19H,4,7-8H2,(H,20,21). The van der Waals surface area contributed by atoms with E-state index < -0.39 is 0 Å². The van der Waals surface area contributed by atoms with E-state index in [-0.39, 0.29) is 5.56 Å². The molecule has 1 aromatic heterocycles. The lowest BCUT2D eigenvalue weighted by atomic mass is 9.99. The van der Waals surface area contributed by atoms with Crippen LogP contribution in [-0.2, 0) is 6.42 Å². The quantitative estimate of drug-likeness (QED) is 0.714. The average molecular weight is 276 g/mol. The van der Waals surface area contributed by atoms with Gasteiger partial charge in [0.1, 0.15) is 0 Å². The monoisotopic (exact) mass is 276 g/mol. The molecular formula is C18H16N2O. The van der Waals surface area contributed by atoms with Crippen LogP contribution in [0.15, 0.2) is 53.3 Å². The van der Waals surface area contributed by atoms with Gasteiger partial charge in [0.25, 0.3) is 5.56 Å². The van der Waals surface area contributed by atoms with Crippen LogP contribution in [0.3, 0.4) is 0 Å². The molecule has 3 aromatic rings. The third-order valence-electron chi connectivity index (χ3n) is 4.09. The number of nitrogens with one attached hydrogen (secondary N) is 2. The van der Waals surface area contributed by atoms with Crippen LogP contribution in [0.4, 0.5) is 5.69 Å². The maximum absolute atomic E-state index is 12.3.